The van der Waals surface area contributed by atoms with Gasteiger partial charge in [0.15, 0.2) is 5.13 Å². The number of rotatable bonds is 4. The SMILES string of the molecule is Cc1sc(NC(=O)c2cc(C3CC3)nn2C(C)(C)C)nc1-c1ccc(F)cc1. The van der Waals surface area contributed by atoms with Crippen molar-refractivity contribution in [3.05, 3.63) is 52.4 Å². The topological polar surface area (TPSA) is 59.8 Å². The molecule has 0 unspecified atom stereocenters. The first kappa shape index (κ1) is 18.8. The Morgan fingerprint density at radius 1 is 1.25 bits per heavy atom. The predicted molar refractivity (Wildman–Crippen MR) is 109 cm³/mol. The Hall–Kier alpha value is -2.54. The minimum absolute atomic E-state index is 0.214. The molecule has 4 rings (SSSR count). The molecule has 0 bridgehead atoms. The fourth-order valence-electron chi connectivity index (χ4n) is 3.14. The van der Waals surface area contributed by atoms with Gasteiger partial charge in [-0.3, -0.25) is 14.8 Å². The molecule has 2 aromatic heterocycles. The molecule has 7 heteroatoms. The Kier molecular flexibility index (Phi) is 4.57. The zero-order valence-corrected chi connectivity index (χ0v) is 17.2. The minimum Gasteiger partial charge on any atom is -0.296 e. The molecule has 3 aromatic rings. The van der Waals surface area contributed by atoms with Crippen LogP contribution in [-0.2, 0) is 5.54 Å². The summed E-state index contributed by atoms with van der Waals surface area (Å²) in [5.41, 5.74) is 2.82. The maximum atomic E-state index is 13.2. The molecule has 5 nitrogen and oxygen atoms in total. The number of nitrogens with zero attached hydrogens (tertiary/aromatic N) is 3. The average molecular weight is 399 g/mol. The number of thiazole rings is 1. The van der Waals surface area contributed by atoms with Crippen LogP contribution < -0.4 is 5.32 Å². The monoisotopic (exact) mass is 398 g/mol. The molecule has 146 valence electrons. The lowest BCUT2D eigenvalue weighted by Gasteiger charge is -2.21. The van der Waals surface area contributed by atoms with E-state index < -0.39 is 0 Å². The first-order valence-corrected chi connectivity index (χ1v) is 10.2. The molecule has 0 aliphatic heterocycles. The van der Waals surface area contributed by atoms with Crippen molar-refractivity contribution >= 4 is 22.4 Å². The molecule has 0 radical (unpaired) electrons. The first-order chi connectivity index (χ1) is 13.2. The highest BCUT2D eigenvalue weighted by Crippen LogP contribution is 2.40. The van der Waals surface area contributed by atoms with Gasteiger partial charge in [0, 0.05) is 16.4 Å². The molecule has 0 saturated heterocycles. The van der Waals surface area contributed by atoms with Crippen molar-refractivity contribution in [2.75, 3.05) is 5.32 Å². The second kappa shape index (κ2) is 6.81. The number of carbonyl (C=O) groups is 1. The Balaban J connectivity index is 1.61. The third kappa shape index (κ3) is 3.71. The van der Waals surface area contributed by atoms with E-state index in [1.807, 2.05) is 33.8 Å². The molecule has 1 aliphatic rings. The summed E-state index contributed by atoms with van der Waals surface area (Å²) in [5, 5.41) is 8.13. The van der Waals surface area contributed by atoms with E-state index >= 15 is 0 Å². The van der Waals surface area contributed by atoms with Crippen molar-refractivity contribution in [2.24, 2.45) is 0 Å². The van der Waals surface area contributed by atoms with Crippen LogP contribution in [0.25, 0.3) is 11.3 Å². The summed E-state index contributed by atoms with van der Waals surface area (Å²) in [4.78, 5) is 18.5. The predicted octanol–water partition coefficient (Wildman–Crippen LogP) is 5.34. The molecule has 1 aliphatic carbocycles. The van der Waals surface area contributed by atoms with E-state index in [-0.39, 0.29) is 17.3 Å². The lowest BCUT2D eigenvalue weighted by molar-refractivity contribution is 0.100. The zero-order chi connectivity index (χ0) is 20.1. The molecule has 0 atom stereocenters. The number of benzene rings is 1. The van der Waals surface area contributed by atoms with E-state index in [1.54, 1.807) is 16.8 Å². The quantitative estimate of drug-likeness (QED) is 0.645. The van der Waals surface area contributed by atoms with E-state index in [9.17, 15) is 9.18 Å². The van der Waals surface area contributed by atoms with Gasteiger partial charge in [0.25, 0.3) is 5.91 Å². The number of anilines is 1. The van der Waals surface area contributed by atoms with Crippen LogP contribution in [0.15, 0.2) is 30.3 Å². The summed E-state index contributed by atoms with van der Waals surface area (Å²) < 4.78 is 15.0. The average Bonchev–Trinajstić information content (AvgIpc) is 3.25. The van der Waals surface area contributed by atoms with Crippen LogP contribution in [0, 0.1) is 12.7 Å². The van der Waals surface area contributed by atoms with Crippen molar-refractivity contribution in [3.63, 3.8) is 0 Å². The van der Waals surface area contributed by atoms with Crippen molar-refractivity contribution in [2.45, 2.75) is 52.0 Å². The molecule has 0 spiro atoms. The smallest absolute Gasteiger partial charge is 0.275 e. The fraction of sp³-hybridized carbons (Fsp3) is 0.381. The van der Waals surface area contributed by atoms with Gasteiger partial charge >= 0.3 is 0 Å². The van der Waals surface area contributed by atoms with Gasteiger partial charge < -0.3 is 0 Å². The minimum atomic E-state index is -0.294. The Morgan fingerprint density at radius 2 is 1.93 bits per heavy atom. The molecule has 1 fully saturated rings. The molecule has 1 saturated carbocycles. The number of nitrogens with one attached hydrogen (secondary N) is 1. The Morgan fingerprint density at radius 3 is 2.54 bits per heavy atom. The lowest BCUT2D eigenvalue weighted by atomic mass is 10.1. The van der Waals surface area contributed by atoms with E-state index in [2.05, 4.69) is 15.4 Å². The van der Waals surface area contributed by atoms with Crippen molar-refractivity contribution in [1.82, 2.24) is 14.8 Å². The molecule has 1 aromatic carbocycles. The van der Waals surface area contributed by atoms with E-state index in [0.717, 1.165) is 34.7 Å². The van der Waals surface area contributed by atoms with Crippen molar-refractivity contribution in [3.8, 4) is 11.3 Å². The van der Waals surface area contributed by atoms with Crippen LogP contribution in [0.5, 0.6) is 0 Å². The molecular formula is C21H23FN4OS. The van der Waals surface area contributed by atoms with Crippen LogP contribution >= 0.6 is 11.3 Å². The Bertz CT molecular complexity index is 1030. The van der Waals surface area contributed by atoms with Crippen LogP contribution in [-0.4, -0.2) is 20.7 Å². The van der Waals surface area contributed by atoms with Gasteiger partial charge in [-0.1, -0.05) is 0 Å². The van der Waals surface area contributed by atoms with Crippen molar-refractivity contribution in [1.29, 1.82) is 0 Å². The van der Waals surface area contributed by atoms with Crippen LogP contribution in [0.4, 0.5) is 9.52 Å². The third-order valence-electron chi connectivity index (χ3n) is 4.73. The van der Waals surface area contributed by atoms with Gasteiger partial charge in [-0.05, 0) is 70.9 Å². The maximum Gasteiger partial charge on any atom is 0.275 e. The highest BCUT2D eigenvalue weighted by molar-refractivity contribution is 7.16. The molecule has 1 amide bonds. The van der Waals surface area contributed by atoms with Gasteiger partial charge in [-0.15, -0.1) is 11.3 Å². The largest absolute Gasteiger partial charge is 0.296 e. The third-order valence-corrected chi connectivity index (χ3v) is 5.61. The molecular weight excluding hydrogens is 375 g/mol. The van der Waals surface area contributed by atoms with Gasteiger partial charge in [-0.25, -0.2) is 9.37 Å². The second-order valence-corrected chi connectivity index (χ2v) is 9.40. The summed E-state index contributed by atoms with van der Waals surface area (Å²) in [6.07, 6.45) is 2.27. The maximum absolute atomic E-state index is 13.2. The summed E-state index contributed by atoms with van der Waals surface area (Å²) in [6, 6.07) is 8.11. The first-order valence-electron chi connectivity index (χ1n) is 9.37. The zero-order valence-electron chi connectivity index (χ0n) is 16.4. The number of halogens is 1. The lowest BCUT2D eigenvalue weighted by Crippen LogP contribution is -2.29. The van der Waals surface area contributed by atoms with Gasteiger partial charge in [-0.2, -0.15) is 5.10 Å². The standard InChI is InChI=1S/C21H23FN4OS/c1-12-18(14-7-9-15(22)10-8-14)23-20(28-12)24-19(27)17-11-16(13-5-6-13)25-26(17)21(2,3)4/h7-11,13H,5-6H2,1-4H3,(H,23,24,27). The number of carbonyl (C=O) groups excluding carboxylic acids is 1. The summed E-state index contributed by atoms with van der Waals surface area (Å²) in [5.74, 6) is -0.0249. The van der Waals surface area contributed by atoms with Crippen LogP contribution in [0.1, 0.15) is 60.6 Å². The summed E-state index contributed by atoms with van der Waals surface area (Å²) in [7, 11) is 0. The van der Waals surface area contributed by atoms with Gasteiger partial charge in [0.05, 0.1) is 16.9 Å². The number of amides is 1. The van der Waals surface area contributed by atoms with E-state index in [0.29, 0.717) is 16.7 Å². The normalized spacial score (nSPS) is 14.3. The highest BCUT2D eigenvalue weighted by Gasteiger charge is 2.31. The van der Waals surface area contributed by atoms with Crippen molar-refractivity contribution < 1.29 is 9.18 Å². The number of hydrogen-bond donors (Lipinski definition) is 1. The molecule has 1 N–H and O–H groups in total. The number of aromatic nitrogens is 3. The summed E-state index contributed by atoms with van der Waals surface area (Å²) in [6.45, 7) is 8.05. The highest BCUT2D eigenvalue weighted by atomic mass is 32.1. The number of hydrogen-bond acceptors (Lipinski definition) is 4. The number of aryl methyl sites for hydroxylation is 1. The molecule has 2 heterocycles. The van der Waals surface area contributed by atoms with E-state index in [4.69, 9.17) is 0 Å². The fourth-order valence-corrected chi connectivity index (χ4v) is 3.97. The Labute approximate surface area is 167 Å². The molecule has 28 heavy (non-hydrogen) atoms. The summed E-state index contributed by atoms with van der Waals surface area (Å²) >= 11 is 1.41. The van der Waals surface area contributed by atoms with Crippen LogP contribution in [0.2, 0.25) is 0 Å². The van der Waals surface area contributed by atoms with Gasteiger partial charge in [0.1, 0.15) is 11.5 Å². The van der Waals surface area contributed by atoms with Gasteiger partial charge in [0.2, 0.25) is 0 Å². The van der Waals surface area contributed by atoms with Crippen LogP contribution in [0.3, 0.4) is 0 Å². The van der Waals surface area contributed by atoms with E-state index in [1.165, 1.54) is 23.5 Å². The second-order valence-electron chi connectivity index (χ2n) is 8.20.